The van der Waals surface area contributed by atoms with Gasteiger partial charge in [0.15, 0.2) is 0 Å². The molecule has 0 saturated carbocycles. The third kappa shape index (κ3) is 1.49. The number of ether oxygens (including phenoxy) is 1. The largest absolute Gasteiger partial charge is 0.483 e. The fourth-order valence-electron chi connectivity index (χ4n) is 2.78. The topological polar surface area (TPSA) is 25.0 Å². The van der Waals surface area contributed by atoms with Gasteiger partial charge in [0.1, 0.15) is 11.4 Å². The predicted molar refractivity (Wildman–Crippen MR) is 79.5 cm³/mol. The molecule has 2 aromatic carbocycles. The highest BCUT2D eigenvalue weighted by molar-refractivity contribution is 6.10. The molecule has 0 spiro atoms. The molecule has 1 aromatic heterocycles. The van der Waals surface area contributed by atoms with Gasteiger partial charge in [0.25, 0.3) is 0 Å². The number of hydrogen-bond donors (Lipinski definition) is 1. The minimum Gasteiger partial charge on any atom is -0.483 e. The molecule has 0 saturated heterocycles. The highest BCUT2D eigenvalue weighted by Crippen LogP contribution is 2.38. The van der Waals surface area contributed by atoms with Crippen molar-refractivity contribution in [1.82, 2.24) is 4.98 Å². The van der Waals surface area contributed by atoms with Crippen LogP contribution in [0.5, 0.6) is 5.75 Å². The number of aromatic nitrogens is 1. The summed E-state index contributed by atoms with van der Waals surface area (Å²) in [6.07, 6.45) is 4.27. The predicted octanol–water partition coefficient (Wildman–Crippen LogP) is 4.51. The number of benzene rings is 2. The van der Waals surface area contributed by atoms with E-state index < -0.39 is 0 Å². The van der Waals surface area contributed by atoms with Gasteiger partial charge in [0, 0.05) is 21.9 Å². The monoisotopic (exact) mass is 249 g/mol. The van der Waals surface area contributed by atoms with E-state index in [2.05, 4.69) is 67.4 Å². The van der Waals surface area contributed by atoms with Crippen LogP contribution in [0.4, 0.5) is 0 Å². The van der Waals surface area contributed by atoms with Crippen LogP contribution in [0, 0.1) is 0 Å². The van der Waals surface area contributed by atoms with Crippen LogP contribution in [0.15, 0.2) is 42.5 Å². The first-order valence-electron chi connectivity index (χ1n) is 6.56. The van der Waals surface area contributed by atoms with E-state index >= 15 is 0 Å². The average Bonchev–Trinajstić information content (AvgIpc) is 2.75. The molecule has 94 valence electrons. The van der Waals surface area contributed by atoms with E-state index in [1.807, 2.05) is 0 Å². The Morgan fingerprint density at radius 1 is 1.00 bits per heavy atom. The second-order valence-electron chi connectivity index (χ2n) is 5.61. The number of rotatable bonds is 0. The van der Waals surface area contributed by atoms with Gasteiger partial charge in [-0.25, -0.2) is 0 Å². The lowest BCUT2D eigenvalue weighted by Crippen LogP contribution is -2.27. The van der Waals surface area contributed by atoms with Gasteiger partial charge in [-0.15, -0.1) is 0 Å². The molecule has 0 fully saturated rings. The first-order chi connectivity index (χ1) is 9.14. The molecule has 0 amide bonds. The summed E-state index contributed by atoms with van der Waals surface area (Å²) in [5.41, 5.74) is 3.25. The SMILES string of the molecule is CC1(C)C=Cc2c(ccc3c2[nH]c2ccccc23)O1. The quantitative estimate of drug-likeness (QED) is 0.623. The number of hydrogen-bond acceptors (Lipinski definition) is 1. The first kappa shape index (κ1) is 10.7. The molecule has 0 radical (unpaired) electrons. The minimum absolute atomic E-state index is 0.229. The van der Waals surface area contributed by atoms with Crippen LogP contribution >= 0.6 is 0 Å². The summed E-state index contributed by atoms with van der Waals surface area (Å²) >= 11 is 0. The summed E-state index contributed by atoms with van der Waals surface area (Å²) in [4.78, 5) is 3.50. The molecule has 1 N–H and O–H groups in total. The lowest BCUT2D eigenvalue weighted by molar-refractivity contribution is 0.159. The lowest BCUT2D eigenvalue weighted by Gasteiger charge is -2.27. The summed E-state index contributed by atoms with van der Waals surface area (Å²) in [6.45, 7) is 4.14. The van der Waals surface area contributed by atoms with Gasteiger partial charge >= 0.3 is 0 Å². The van der Waals surface area contributed by atoms with Gasteiger partial charge in [-0.2, -0.15) is 0 Å². The van der Waals surface area contributed by atoms with Crippen LogP contribution in [0.1, 0.15) is 19.4 Å². The fraction of sp³-hybridized carbons (Fsp3) is 0.176. The Bertz CT molecular complexity index is 824. The molecule has 0 atom stereocenters. The average molecular weight is 249 g/mol. The second kappa shape index (κ2) is 3.41. The van der Waals surface area contributed by atoms with Crippen molar-refractivity contribution in [2.45, 2.75) is 19.4 Å². The number of fused-ring (bicyclic) bond motifs is 5. The number of nitrogens with one attached hydrogen (secondary N) is 1. The van der Waals surface area contributed by atoms with Crippen molar-refractivity contribution in [2.24, 2.45) is 0 Å². The number of aromatic amines is 1. The zero-order valence-corrected chi connectivity index (χ0v) is 11.0. The Labute approximate surface area is 111 Å². The first-order valence-corrected chi connectivity index (χ1v) is 6.56. The van der Waals surface area contributed by atoms with E-state index in [0.29, 0.717) is 0 Å². The Kier molecular flexibility index (Phi) is 1.92. The van der Waals surface area contributed by atoms with Crippen molar-refractivity contribution in [3.8, 4) is 5.75 Å². The molecule has 4 rings (SSSR count). The standard InChI is InChI=1S/C17H15NO/c1-17(2)10-9-13-15(19-17)8-7-12-11-5-3-4-6-14(11)18-16(12)13/h3-10,18H,1-2H3. The van der Waals surface area contributed by atoms with Crippen molar-refractivity contribution < 1.29 is 4.74 Å². The highest BCUT2D eigenvalue weighted by atomic mass is 16.5. The summed E-state index contributed by atoms with van der Waals surface area (Å²) in [5.74, 6) is 0.951. The Balaban J connectivity index is 2.09. The van der Waals surface area contributed by atoms with Gasteiger partial charge in [-0.3, -0.25) is 0 Å². The van der Waals surface area contributed by atoms with E-state index in [-0.39, 0.29) is 5.60 Å². The van der Waals surface area contributed by atoms with Crippen molar-refractivity contribution in [1.29, 1.82) is 0 Å². The van der Waals surface area contributed by atoms with Gasteiger partial charge in [-0.05, 0) is 44.2 Å². The molecular weight excluding hydrogens is 234 g/mol. The maximum Gasteiger partial charge on any atom is 0.129 e. The molecule has 2 heteroatoms. The number of H-pyrrole nitrogens is 1. The van der Waals surface area contributed by atoms with Crippen LogP contribution in [-0.2, 0) is 0 Å². The van der Waals surface area contributed by atoms with Gasteiger partial charge in [-0.1, -0.05) is 18.2 Å². The van der Waals surface area contributed by atoms with Crippen LogP contribution in [0.3, 0.4) is 0 Å². The zero-order valence-electron chi connectivity index (χ0n) is 11.0. The maximum absolute atomic E-state index is 6.02. The zero-order chi connectivity index (χ0) is 13.0. The Morgan fingerprint density at radius 3 is 2.74 bits per heavy atom. The van der Waals surface area contributed by atoms with Crippen LogP contribution in [-0.4, -0.2) is 10.6 Å². The number of para-hydroxylation sites is 1. The second-order valence-corrected chi connectivity index (χ2v) is 5.61. The van der Waals surface area contributed by atoms with E-state index in [0.717, 1.165) is 16.8 Å². The van der Waals surface area contributed by atoms with E-state index in [1.54, 1.807) is 0 Å². The van der Waals surface area contributed by atoms with Crippen LogP contribution < -0.4 is 4.74 Å². The lowest BCUT2D eigenvalue weighted by atomic mass is 10.0. The Morgan fingerprint density at radius 2 is 1.84 bits per heavy atom. The molecular formula is C17H15NO. The van der Waals surface area contributed by atoms with Gasteiger partial charge in [0.2, 0.25) is 0 Å². The molecule has 0 aliphatic carbocycles. The molecule has 0 unspecified atom stereocenters. The molecule has 2 heterocycles. The minimum atomic E-state index is -0.229. The fourth-order valence-corrected chi connectivity index (χ4v) is 2.78. The summed E-state index contributed by atoms with van der Waals surface area (Å²) in [7, 11) is 0. The van der Waals surface area contributed by atoms with Gasteiger partial charge < -0.3 is 9.72 Å². The smallest absolute Gasteiger partial charge is 0.129 e. The Hall–Kier alpha value is -2.22. The molecule has 1 aliphatic heterocycles. The maximum atomic E-state index is 6.02. The molecule has 2 nitrogen and oxygen atoms in total. The molecule has 1 aliphatic rings. The molecule has 19 heavy (non-hydrogen) atoms. The molecule has 3 aromatic rings. The normalized spacial score (nSPS) is 16.5. The summed E-state index contributed by atoms with van der Waals surface area (Å²) < 4.78 is 6.02. The summed E-state index contributed by atoms with van der Waals surface area (Å²) in [5, 5.41) is 2.51. The van der Waals surface area contributed by atoms with Crippen LogP contribution in [0.2, 0.25) is 0 Å². The van der Waals surface area contributed by atoms with Crippen molar-refractivity contribution in [3.05, 3.63) is 48.0 Å². The van der Waals surface area contributed by atoms with Gasteiger partial charge in [0.05, 0.1) is 5.52 Å². The van der Waals surface area contributed by atoms with Crippen molar-refractivity contribution in [2.75, 3.05) is 0 Å². The van der Waals surface area contributed by atoms with E-state index in [1.165, 1.54) is 16.3 Å². The summed E-state index contributed by atoms with van der Waals surface area (Å²) in [6, 6.07) is 12.6. The highest BCUT2D eigenvalue weighted by Gasteiger charge is 2.23. The van der Waals surface area contributed by atoms with Crippen molar-refractivity contribution in [3.63, 3.8) is 0 Å². The van der Waals surface area contributed by atoms with E-state index in [9.17, 15) is 0 Å². The van der Waals surface area contributed by atoms with Crippen molar-refractivity contribution >= 4 is 27.9 Å². The third-order valence-corrected chi connectivity index (χ3v) is 3.71. The third-order valence-electron chi connectivity index (χ3n) is 3.71. The molecule has 0 bridgehead atoms. The van der Waals surface area contributed by atoms with Crippen LogP contribution in [0.25, 0.3) is 27.9 Å². The van der Waals surface area contributed by atoms with E-state index in [4.69, 9.17) is 4.74 Å².